The van der Waals surface area contributed by atoms with Gasteiger partial charge in [-0.1, -0.05) is 11.6 Å². The first kappa shape index (κ1) is 13.9. The van der Waals surface area contributed by atoms with Crippen molar-refractivity contribution in [2.24, 2.45) is 0 Å². The van der Waals surface area contributed by atoms with Gasteiger partial charge in [0, 0.05) is 13.1 Å². The number of nitrogens with zero attached hydrogens (tertiary/aromatic N) is 3. The minimum atomic E-state index is -3.65. The number of nitrogens with one attached hydrogen (secondary N) is 1. The Labute approximate surface area is 118 Å². The Hall–Kier alpha value is -0.480. The van der Waals surface area contributed by atoms with Crippen molar-refractivity contribution < 1.29 is 13.2 Å². The van der Waals surface area contributed by atoms with Crippen molar-refractivity contribution in [3.63, 3.8) is 0 Å². The molecule has 0 amide bonds. The zero-order valence-electron chi connectivity index (χ0n) is 9.14. The van der Waals surface area contributed by atoms with E-state index >= 15 is 0 Å². The first-order valence-corrected chi connectivity index (χ1v) is 7.63. The van der Waals surface area contributed by atoms with E-state index in [1.165, 1.54) is 10.6 Å². The van der Waals surface area contributed by atoms with Gasteiger partial charge in [-0.3, -0.25) is 4.72 Å². The Morgan fingerprint density at radius 2 is 2.06 bits per heavy atom. The molecular weight excluding hydrogens is 348 g/mol. The Morgan fingerprint density at radius 3 is 2.72 bits per heavy atom. The molecule has 2 heterocycles. The second-order valence-corrected chi connectivity index (χ2v) is 6.27. The summed E-state index contributed by atoms with van der Waals surface area (Å²) in [6, 6.07) is 0. The average molecular weight is 358 g/mol. The molecule has 2 rings (SSSR count). The molecule has 0 unspecified atom stereocenters. The van der Waals surface area contributed by atoms with E-state index in [-0.39, 0.29) is 11.0 Å². The van der Waals surface area contributed by atoms with Gasteiger partial charge in [0.05, 0.1) is 17.7 Å². The molecule has 0 bridgehead atoms. The van der Waals surface area contributed by atoms with Gasteiger partial charge < -0.3 is 4.74 Å². The maximum atomic E-state index is 12.1. The van der Waals surface area contributed by atoms with Crippen LogP contribution in [-0.4, -0.2) is 49.0 Å². The van der Waals surface area contributed by atoms with Crippen molar-refractivity contribution in [1.82, 2.24) is 14.3 Å². The first-order valence-electron chi connectivity index (χ1n) is 5.02. The van der Waals surface area contributed by atoms with E-state index in [1.54, 1.807) is 0 Å². The lowest BCUT2D eigenvalue weighted by Gasteiger charge is -2.26. The highest BCUT2D eigenvalue weighted by atomic mass is 79.9. The Kier molecular flexibility index (Phi) is 4.38. The molecule has 1 fully saturated rings. The van der Waals surface area contributed by atoms with Crippen LogP contribution in [0.25, 0.3) is 0 Å². The SMILES string of the molecule is O=S(=O)(Nc1ncnc(Cl)c1Br)N1CCOCC1. The van der Waals surface area contributed by atoms with Crippen molar-refractivity contribution >= 4 is 43.6 Å². The Morgan fingerprint density at radius 1 is 1.39 bits per heavy atom. The monoisotopic (exact) mass is 356 g/mol. The van der Waals surface area contributed by atoms with Crippen LogP contribution in [-0.2, 0) is 14.9 Å². The zero-order valence-corrected chi connectivity index (χ0v) is 12.3. The lowest BCUT2D eigenvalue weighted by molar-refractivity contribution is 0.0733. The summed E-state index contributed by atoms with van der Waals surface area (Å²) >= 11 is 8.89. The maximum absolute atomic E-state index is 12.1. The van der Waals surface area contributed by atoms with Crippen LogP contribution >= 0.6 is 27.5 Å². The molecule has 1 saturated heterocycles. The highest BCUT2D eigenvalue weighted by Crippen LogP contribution is 2.27. The predicted molar refractivity (Wildman–Crippen MR) is 69.7 cm³/mol. The lowest BCUT2D eigenvalue weighted by atomic mass is 10.5. The standard InChI is InChI=1S/C8H10BrClN4O3S/c9-6-7(10)11-5-12-8(6)13-18(15,16)14-1-3-17-4-2-14/h5H,1-4H2,(H,11,12,13). The zero-order chi connectivity index (χ0) is 13.2. The molecular formula is C8H10BrClN4O3S. The van der Waals surface area contributed by atoms with E-state index in [0.29, 0.717) is 30.8 Å². The van der Waals surface area contributed by atoms with Crippen LogP contribution in [0.4, 0.5) is 5.82 Å². The molecule has 0 saturated carbocycles. The highest BCUT2D eigenvalue weighted by Gasteiger charge is 2.25. The topological polar surface area (TPSA) is 84.4 Å². The summed E-state index contributed by atoms with van der Waals surface area (Å²) in [6.07, 6.45) is 1.18. The van der Waals surface area contributed by atoms with E-state index in [0.717, 1.165) is 0 Å². The molecule has 1 aromatic rings. The van der Waals surface area contributed by atoms with Crippen molar-refractivity contribution in [3.05, 3.63) is 16.0 Å². The number of rotatable bonds is 3. The molecule has 0 atom stereocenters. The summed E-state index contributed by atoms with van der Waals surface area (Å²) in [5.41, 5.74) is 0. The smallest absolute Gasteiger partial charge is 0.302 e. The third-order valence-electron chi connectivity index (χ3n) is 2.28. The molecule has 1 aliphatic rings. The summed E-state index contributed by atoms with van der Waals surface area (Å²) in [5, 5.41) is 0.143. The van der Waals surface area contributed by atoms with Crippen LogP contribution < -0.4 is 4.72 Å². The second-order valence-electron chi connectivity index (χ2n) is 3.45. The van der Waals surface area contributed by atoms with Crippen molar-refractivity contribution in [2.75, 3.05) is 31.0 Å². The van der Waals surface area contributed by atoms with Gasteiger partial charge in [0.15, 0.2) is 5.82 Å². The van der Waals surface area contributed by atoms with Crippen molar-refractivity contribution in [2.45, 2.75) is 0 Å². The number of hydrogen-bond donors (Lipinski definition) is 1. The molecule has 0 radical (unpaired) electrons. The molecule has 0 aliphatic carbocycles. The van der Waals surface area contributed by atoms with Gasteiger partial charge in [-0.2, -0.15) is 12.7 Å². The summed E-state index contributed by atoms with van der Waals surface area (Å²) < 4.78 is 33.2. The number of anilines is 1. The summed E-state index contributed by atoms with van der Waals surface area (Å²) in [5.74, 6) is 0.112. The van der Waals surface area contributed by atoms with Crippen LogP contribution in [0.3, 0.4) is 0 Å². The van der Waals surface area contributed by atoms with Crippen molar-refractivity contribution in [1.29, 1.82) is 0 Å². The van der Waals surface area contributed by atoms with E-state index in [4.69, 9.17) is 16.3 Å². The third-order valence-corrected chi connectivity index (χ3v) is 5.04. The van der Waals surface area contributed by atoms with E-state index in [1.807, 2.05) is 0 Å². The summed E-state index contributed by atoms with van der Waals surface area (Å²) in [4.78, 5) is 7.55. The lowest BCUT2D eigenvalue weighted by Crippen LogP contribution is -2.43. The highest BCUT2D eigenvalue weighted by molar-refractivity contribution is 9.10. The van der Waals surface area contributed by atoms with E-state index in [2.05, 4.69) is 30.6 Å². The van der Waals surface area contributed by atoms with Crippen LogP contribution in [0.15, 0.2) is 10.8 Å². The molecule has 1 aromatic heterocycles. The van der Waals surface area contributed by atoms with Gasteiger partial charge in [0.2, 0.25) is 0 Å². The van der Waals surface area contributed by atoms with Gasteiger partial charge >= 0.3 is 10.2 Å². The third kappa shape index (κ3) is 3.09. The minimum Gasteiger partial charge on any atom is -0.379 e. The van der Waals surface area contributed by atoms with Crippen molar-refractivity contribution in [3.8, 4) is 0 Å². The summed E-state index contributed by atoms with van der Waals surface area (Å²) in [7, 11) is -3.65. The van der Waals surface area contributed by atoms with Crippen LogP contribution in [0, 0.1) is 0 Å². The molecule has 100 valence electrons. The van der Waals surface area contributed by atoms with Crippen LogP contribution in [0.1, 0.15) is 0 Å². The van der Waals surface area contributed by atoms with Gasteiger partial charge in [0.1, 0.15) is 11.5 Å². The molecule has 18 heavy (non-hydrogen) atoms. The molecule has 7 nitrogen and oxygen atoms in total. The number of halogens is 2. The second kappa shape index (κ2) is 5.66. The molecule has 0 aromatic carbocycles. The fourth-order valence-electron chi connectivity index (χ4n) is 1.39. The number of hydrogen-bond acceptors (Lipinski definition) is 5. The average Bonchev–Trinajstić information content (AvgIpc) is 2.36. The largest absolute Gasteiger partial charge is 0.379 e. The van der Waals surface area contributed by atoms with Gasteiger partial charge in [-0.25, -0.2) is 9.97 Å². The molecule has 1 aliphatic heterocycles. The van der Waals surface area contributed by atoms with Gasteiger partial charge in [-0.05, 0) is 15.9 Å². The minimum absolute atomic E-state index is 0.112. The maximum Gasteiger partial charge on any atom is 0.302 e. The number of aromatic nitrogens is 2. The Bertz CT molecular complexity index is 535. The Balaban J connectivity index is 2.19. The molecule has 0 spiro atoms. The number of morpholine rings is 1. The van der Waals surface area contributed by atoms with E-state index < -0.39 is 10.2 Å². The predicted octanol–water partition coefficient (Wildman–Crippen LogP) is 0.881. The van der Waals surface area contributed by atoms with Gasteiger partial charge in [-0.15, -0.1) is 0 Å². The normalized spacial score (nSPS) is 17.7. The quantitative estimate of drug-likeness (QED) is 0.812. The fourth-order valence-corrected chi connectivity index (χ4v) is 3.12. The summed E-state index contributed by atoms with van der Waals surface area (Å²) in [6.45, 7) is 1.39. The van der Waals surface area contributed by atoms with Crippen LogP contribution in [0.2, 0.25) is 5.15 Å². The number of ether oxygens (including phenoxy) is 1. The van der Waals surface area contributed by atoms with Crippen LogP contribution in [0.5, 0.6) is 0 Å². The first-order chi connectivity index (χ1) is 8.50. The fraction of sp³-hybridized carbons (Fsp3) is 0.500. The molecule has 10 heteroatoms. The van der Waals surface area contributed by atoms with Gasteiger partial charge in [0.25, 0.3) is 0 Å². The van der Waals surface area contributed by atoms with E-state index in [9.17, 15) is 8.42 Å². The molecule has 1 N–H and O–H groups in total.